The van der Waals surface area contributed by atoms with E-state index in [1.807, 2.05) is 29.2 Å². The third-order valence-electron chi connectivity index (χ3n) is 4.96. The van der Waals surface area contributed by atoms with Crippen molar-refractivity contribution < 1.29 is 9.59 Å². The number of nitrogens with two attached hydrogens (primary N) is 1. The quantitative estimate of drug-likeness (QED) is 0.552. The fraction of sp³-hybridized carbons (Fsp3) is 0.238. The first kappa shape index (κ1) is 21.2. The van der Waals surface area contributed by atoms with Crippen LogP contribution in [0.25, 0.3) is 10.6 Å². The van der Waals surface area contributed by atoms with E-state index in [9.17, 15) is 9.59 Å². The number of aromatic nitrogens is 2. The average Bonchev–Trinajstić information content (AvgIpc) is 3.25. The first-order valence-corrected chi connectivity index (χ1v) is 11.0. The maximum Gasteiger partial charge on any atom is 0.275 e. The molecule has 2 aromatic heterocycles. The number of primary amides is 1. The Morgan fingerprint density at radius 2 is 1.94 bits per heavy atom. The van der Waals surface area contributed by atoms with Crippen molar-refractivity contribution in [2.24, 2.45) is 5.73 Å². The maximum absolute atomic E-state index is 12.9. The van der Waals surface area contributed by atoms with Crippen LogP contribution >= 0.6 is 22.9 Å². The first-order chi connectivity index (χ1) is 15.0. The summed E-state index contributed by atoms with van der Waals surface area (Å²) in [5.74, 6) is -0.597. The van der Waals surface area contributed by atoms with Crippen molar-refractivity contribution in [3.05, 3.63) is 58.8 Å². The third kappa shape index (κ3) is 5.19. The van der Waals surface area contributed by atoms with Crippen LogP contribution in [0.5, 0.6) is 0 Å². The first-order valence-electron chi connectivity index (χ1n) is 9.73. The van der Waals surface area contributed by atoms with Gasteiger partial charge < -0.3 is 16.0 Å². The number of nitrogens with one attached hydrogen (secondary N) is 1. The Balaban J connectivity index is 1.46. The predicted octanol–water partition coefficient (Wildman–Crippen LogP) is 2.72. The molecule has 4 rings (SSSR count). The van der Waals surface area contributed by atoms with E-state index in [-0.39, 0.29) is 18.4 Å². The van der Waals surface area contributed by atoms with Gasteiger partial charge >= 0.3 is 0 Å². The Bertz CT molecular complexity index is 1100. The van der Waals surface area contributed by atoms with Gasteiger partial charge in [-0.25, -0.2) is 9.97 Å². The number of rotatable bonds is 6. The van der Waals surface area contributed by atoms with Gasteiger partial charge in [-0.15, -0.1) is 11.3 Å². The molecule has 1 aromatic carbocycles. The molecule has 31 heavy (non-hydrogen) atoms. The van der Waals surface area contributed by atoms with Crippen LogP contribution in [0.15, 0.2) is 48.0 Å². The summed E-state index contributed by atoms with van der Waals surface area (Å²) in [5.41, 5.74) is 8.11. The van der Waals surface area contributed by atoms with E-state index in [0.717, 1.165) is 43.1 Å². The maximum atomic E-state index is 12.9. The van der Waals surface area contributed by atoms with E-state index in [1.54, 1.807) is 23.7 Å². The molecule has 0 radical (unpaired) electrons. The van der Waals surface area contributed by atoms with Crippen molar-refractivity contribution in [1.82, 2.24) is 14.9 Å². The summed E-state index contributed by atoms with van der Waals surface area (Å²) in [6.07, 6.45) is 1.61. The minimum Gasteiger partial charge on any atom is -0.369 e. The Labute approximate surface area is 188 Å². The monoisotopic (exact) mass is 456 g/mol. The van der Waals surface area contributed by atoms with E-state index in [1.165, 1.54) is 11.3 Å². The summed E-state index contributed by atoms with van der Waals surface area (Å²) in [4.78, 5) is 36.6. The van der Waals surface area contributed by atoms with Crippen LogP contribution in [0.4, 0.5) is 11.4 Å². The highest BCUT2D eigenvalue weighted by Gasteiger charge is 2.21. The number of hydrogen-bond acceptors (Lipinski definition) is 7. The number of halogens is 1. The fourth-order valence-corrected chi connectivity index (χ4v) is 4.43. The standard InChI is InChI=1S/C21H21ClN6O2S/c22-18-11-14(5-6-24-18)21-26-16(13-31-21)20(30)25-15-3-1-2-4-17(15)28-9-7-27(8-10-28)12-19(23)29/h1-6,11,13H,7-10,12H2,(H2,23,29)(H,25,30). The van der Waals surface area contributed by atoms with Gasteiger partial charge in [0, 0.05) is 43.3 Å². The molecule has 1 aliphatic heterocycles. The molecule has 1 aliphatic rings. The number of pyridine rings is 1. The minimum absolute atomic E-state index is 0.265. The number of anilines is 2. The molecule has 10 heteroatoms. The van der Waals surface area contributed by atoms with Gasteiger partial charge in [0.15, 0.2) is 0 Å². The highest BCUT2D eigenvalue weighted by molar-refractivity contribution is 7.13. The van der Waals surface area contributed by atoms with Crippen LogP contribution in [0.1, 0.15) is 10.5 Å². The molecule has 1 saturated heterocycles. The third-order valence-corrected chi connectivity index (χ3v) is 6.05. The van der Waals surface area contributed by atoms with Crippen molar-refractivity contribution in [3.63, 3.8) is 0 Å². The van der Waals surface area contributed by atoms with E-state index in [2.05, 4.69) is 20.2 Å². The summed E-state index contributed by atoms with van der Waals surface area (Å²) >= 11 is 7.33. The van der Waals surface area contributed by atoms with Crippen molar-refractivity contribution in [2.75, 3.05) is 42.9 Å². The summed E-state index contributed by atoms with van der Waals surface area (Å²) < 4.78 is 0. The summed E-state index contributed by atoms with van der Waals surface area (Å²) in [6.45, 7) is 3.21. The molecule has 0 unspecified atom stereocenters. The Hall–Kier alpha value is -3.01. The lowest BCUT2D eigenvalue weighted by atomic mass is 10.2. The van der Waals surface area contributed by atoms with Crippen LogP contribution in [0, 0.1) is 0 Å². The second kappa shape index (κ2) is 9.42. The number of hydrogen-bond donors (Lipinski definition) is 2. The number of thiazole rings is 1. The van der Waals surface area contributed by atoms with Gasteiger partial charge in [0.05, 0.1) is 17.9 Å². The number of nitrogens with zero attached hydrogens (tertiary/aromatic N) is 4. The Kier molecular flexibility index (Phi) is 6.45. The van der Waals surface area contributed by atoms with Crippen LogP contribution in [0.3, 0.4) is 0 Å². The van der Waals surface area contributed by atoms with Gasteiger partial charge in [-0.3, -0.25) is 14.5 Å². The zero-order valence-electron chi connectivity index (χ0n) is 16.6. The van der Waals surface area contributed by atoms with Crippen LogP contribution < -0.4 is 16.0 Å². The van der Waals surface area contributed by atoms with Crippen molar-refractivity contribution in [3.8, 4) is 10.6 Å². The second-order valence-electron chi connectivity index (χ2n) is 7.11. The van der Waals surface area contributed by atoms with E-state index in [4.69, 9.17) is 17.3 Å². The molecule has 3 N–H and O–H groups in total. The van der Waals surface area contributed by atoms with Crippen LogP contribution in [0.2, 0.25) is 5.15 Å². The Morgan fingerprint density at radius 1 is 1.16 bits per heavy atom. The summed E-state index contributed by atoms with van der Waals surface area (Å²) in [6, 6.07) is 11.2. The fourth-order valence-electron chi connectivity index (χ4n) is 3.45. The number of para-hydroxylation sites is 2. The molecule has 3 aromatic rings. The molecular weight excluding hydrogens is 436 g/mol. The number of amides is 2. The molecule has 0 bridgehead atoms. The van der Waals surface area contributed by atoms with Crippen molar-refractivity contribution >= 4 is 46.1 Å². The number of piperazine rings is 1. The topological polar surface area (TPSA) is 104 Å². The highest BCUT2D eigenvalue weighted by atomic mass is 35.5. The Morgan fingerprint density at radius 3 is 2.68 bits per heavy atom. The van der Waals surface area contributed by atoms with E-state index >= 15 is 0 Å². The normalized spacial score (nSPS) is 14.4. The average molecular weight is 457 g/mol. The lowest BCUT2D eigenvalue weighted by molar-refractivity contribution is -0.119. The SMILES string of the molecule is NC(=O)CN1CCN(c2ccccc2NC(=O)c2csc(-c3ccnc(Cl)c3)n2)CC1. The second-order valence-corrected chi connectivity index (χ2v) is 8.35. The molecule has 0 aliphatic carbocycles. The number of benzene rings is 1. The van der Waals surface area contributed by atoms with Gasteiger partial charge in [0.2, 0.25) is 5.91 Å². The lowest BCUT2D eigenvalue weighted by Gasteiger charge is -2.36. The number of carbonyl (C=O) groups excluding carboxylic acids is 2. The van der Waals surface area contributed by atoms with Crippen LogP contribution in [-0.2, 0) is 4.79 Å². The van der Waals surface area contributed by atoms with Crippen LogP contribution in [-0.4, -0.2) is 59.4 Å². The van der Waals surface area contributed by atoms with Gasteiger partial charge in [0.25, 0.3) is 5.91 Å². The zero-order valence-corrected chi connectivity index (χ0v) is 18.2. The van der Waals surface area contributed by atoms with E-state index in [0.29, 0.717) is 15.9 Å². The lowest BCUT2D eigenvalue weighted by Crippen LogP contribution is -2.49. The molecule has 2 amide bonds. The molecule has 0 saturated carbocycles. The smallest absolute Gasteiger partial charge is 0.275 e. The largest absolute Gasteiger partial charge is 0.369 e. The molecule has 0 spiro atoms. The molecule has 8 nitrogen and oxygen atoms in total. The van der Waals surface area contributed by atoms with Gasteiger partial charge in [-0.1, -0.05) is 23.7 Å². The highest BCUT2D eigenvalue weighted by Crippen LogP contribution is 2.29. The van der Waals surface area contributed by atoms with Gasteiger partial charge in [-0.2, -0.15) is 0 Å². The molecule has 160 valence electrons. The zero-order chi connectivity index (χ0) is 21.8. The number of carbonyl (C=O) groups is 2. The van der Waals surface area contributed by atoms with Crippen molar-refractivity contribution in [1.29, 1.82) is 0 Å². The molecule has 3 heterocycles. The summed E-state index contributed by atoms with van der Waals surface area (Å²) in [7, 11) is 0. The molecular formula is C21H21ClN6O2S. The summed E-state index contributed by atoms with van der Waals surface area (Å²) in [5, 5.41) is 5.79. The minimum atomic E-state index is -0.321. The van der Waals surface area contributed by atoms with Crippen molar-refractivity contribution in [2.45, 2.75) is 0 Å². The molecule has 1 fully saturated rings. The van der Waals surface area contributed by atoms with E-state index < -0.39 is 0 Å². The van der Waals surface area contributed by atoms with Gasteiger partial charge in [0.1, 0.15) is 15.9 Å². The predicted molar refractivity (Wildman–Crippen MR) is 123 cm³/mol. The van der Waals surface area contributed by atoms with Gasteiger partial charge in [-0.05, 0) is 24.3 Å². The molecule has 0 atom stereocenters.